The highest BCUT2D eigenvalue weighted by Crippen LogP contribution is 2.37. The molecule has 2 fully saturated rings. The van der Waals surface area contributed by atoms with Crippen LogP contribution in [-0.2, 0) is 9.84 Å². The van der Waals surface area contributed by atoms with E-state index >= 15 is 0 Å². The smallest absolute Gasteiger partial charge is 0.156 e. The van der Waals surface area contributed by atoms with E-state index in [2.05, 4.69) is 0 Å². The van der Waals surface area contributed by atoms with Gasteiger partial charge < -0.3 is 5.73 Å². The molecule has 2 heterocycles. The molecule has 4 heteroatoms. The zero-order chi connectivity index (χ0) is 8.06. The Morgan fingerprint density at radius 3 is 2.00 bits per heavy atom. The molecule has 0 aliphatic carbocycles. The lowest BCUT2D eigenvalue weighted by Gasteiger charge is -2.24. The maximum Gasteiger partial charge on any atom is 0.156 e. The summed E-state index contributed by atoms with van der Waals surface area (Å²) in [6.45, 7) is 0. The Labute approximate surface area is 66.9 Å². The van der Waals surface area contributed by atoms with Gasteiger partial charge in [-0.15, -0.1) is 0 Å². The van der Waals surface area contributed by atoms with E-state index in [-0.39, 0.29) is 16.5 Å². The maximum atomic E-state index is 11.5. The van der Waals surface area contributed by atoms with Gasteiger partial charge in [0.15, 0.2) is 9.84 Å². The first kappa shape index (κ1) is 7.55. The minimum Gasteiger partial charge on any atom is -0.328 e. The Kier molecular flexibility index (Phi) is 1.51. The summed E-state index contributed by atoms with van der Waals surface area (Å²) in [7, 11) is -2.74. The molecule has 11 heavy (non-hydrogen) atoms. The highest BCUT2D eigenvalue weighted by atomic mass is 32.2. The summed E-state index contributed by atoms with van der Waals surface area (Å²) in [5.41, 5.74) is 5.71. The Hall–Kier alpha value is -0.0900. The van der Waals surface area contributed by atoms with E-state index in [0.29, 0.717) is 12.8 Å². The molecule has 0 radical (unpaired) electrons. The quantitative estimate of drug-likeness (QED) is 0.566. The normalized spacial score (nSPS) is 47.5. The first-order valence-corrected chi connectivity index (χ1v) is 5.70. The van der Waals surface area contributed by atoms with Crippen molar-refractivity contribution in [2.24, 2.45) is 5.73 Å². The van der Waals surface area contributed by atoms with Crippen LogP contribution in [0, 0.1) is 0 Å². The molecule has 2 rings (SSSR count). The molecular weight excluding hydrogens is 162 g/mol. The van der Waals surface area contributed by atoms with Crippen LogP contribution in [0.15, 0.2) is 0 Å². The predicted molar refractivity (Wildman–Crippen MR) is 42.9 cm³/mol. The van der Waals surface area contributed by atoms with E-state index in [1.807, 2.05) is 0 Å². The minimum absolute atomic E-state index is 0.101. The van der Waals surface area contributed by atoms with Gasteiger partial charge in [-0.25, -0.2) is 8.42 Å². The lowest BCUT2D eigenvalue weighted by molar-refractivity contribution is 0.506. The van der Waals surface area contributed by atoms with Crippen molar-refractivity contribution in [3.63, 3.8) is 0 Å². The first-order chi connectivity index (χ1) is 5.10. The number of rotatable bonds is 0. The van der Waals surface area contributed by atoms with Crippen molar-refractivity contribution < 1.29 is 8.42 Å². The Balaban J connectivity index is 2.33. The van der Waals surface area contributed by atoms with Crippen molar-refractivity contribution in [2.45, 2.75) is 42.2 Å². The van der Waals surface area contributed by atoms with Gasteiger partial charge in [0, 0.05) is 6.04 Å². The summed E-state index contributed by atoms with van der Waals surface area (Å²) in [4.78, 5) is 0. The van der Waals surface area contributed by atoms with Crippen LogP contribution in [0.4, 0.5) is 0 Å². The Morgan fingerprint density at radius 1 is 1.09 bits per heavy atom. The van der Waals surface area contributed by atoms with Gasteiger partial charge in [0.1, 0.15) is 0 Å². The second-order valence-electron chi connectivity index (χ2n) is 3.64. The number of hydrogen-bond donors (Lipinski definition) is 1. The van der Waals surface area contributed by atoms with Gasteiger partial charge in [-0.2, -0.15) is 0 Å². The predicted octanol–water partition coefficient (Wildman–Crippen LogP) is 0.0533. The van der Waals surface area contributed by atoms with E-state index in [4.69, 9.17) is 5.73 Å². The fourth-order valence-electron chi connectivity index (χ4n) is 2.25. The second kappa shape index (κ2) is 2.20. The van der Waals surface area contributed by atoms with Gasteiger partial charge in [0.2, 0.25) is 0 Å². The van der Waals surface area contributed by atoms with Crippen LogP contribution in [0.3, 0.4) is 0 Å². The first-order valence-electron chi connectivity index (χ1n) is 4.09. The largest absolute Gasteiger partial charge is 0.328 e. The summed E-state index contributed by atoms with van der Waals surface area (Å²) in [6.07, 6.45) is 3.08. The Morgan fingerprint density at radius 2 is 1.55 bits per heavy atom. The van der Waals surface area contributed by atoms with Gasteiger partial charge in [-0.05, 0) is 25.7 Å². The van der Waals surface area contributed by atoms with Crippen LogP contribution in [0.2, 0.25) is 0 Å². The average Bonchev–Trinajstić information content (AvgIpc) is 2.19. The molecule has 2 N–H and O–H groups in total. The molecule has 2 aliphatic rings. The molecule has 0 aromatic heterocycles. The molecule has 2 aliphatic heterocycles. The summed E-state index contributed by atoms with van der Waals surface area (Å²) in [5, 5.41) is -0.201. The molecule has 0 saturated carbocycles. The molecular formula is C7H13NO2S. The minimum atomic E-state index is -2.74. The van der Waals surface area contributed by atoms with Crippen LogP contribution < -0.4 is 5.73 Å². The highest BCUT2D eigenvalue weighted by Gasteiger charge is 2.45. The van der Waals surface area contributed by atoms with Gasteiger partial charge in [-0.3, -0.25) is 0 Å². The number of sulfone groups is 1. The van der Waals surface area contributed by atoms with E-state index in [1.165, 1.54) is 0 Å². The Bertz CT molecular complexity index is 240. The third-order valence-corrected chi connectivity index (χ3v) is 5.59. The third-order valence-electron chi connectivity index (χ3n) is 2.87. The molecule has 64 valence electrons. The fourth-order valence-corrected chi connectivity index (χ4v) is 4.75. The third kappa shape index (κ3) is 0.999. The van der Waals surface area contributed by atoms with E-state index in [0.717, 1.165) is 12.8 Å². The van der Waals surface area contributed by atoms with Gasteiger partial charge >= 0.3 is 0 Å². The van der Waals surface area contributed by atoms with Crippen molar-refractivity contribution in [1.29, 1.82) is 0 Å². The van der Waals surface area contributed by atoms with Crippen molar-refractivity contribution in [3.05, 3.63) is 0 Å². The standard InChI is InChI=1S/C7H13NO2S/c8-5-3-6-1-2-7(4-5)11(6,9)10/h5-7H,1-4,8H2. The maximum absolute atomic E-state index is 11.5. The molecule has 2 unspecified atom stereocenters. The van der Waals surface area contributed by atoms with E-state index in [9.17, 15) is 8.42 Å². The molecule has 2 saturated heterocycles. The van der Waals surface area contributed by atoms with E-state index < -0.39 is 9.84 Å². The monoisotopic (exact) mass is 175 g/mol. The molecule has 3 nitrogen and oxygen atoms in total. The number of hydrogen-bond acceptors (Lipinski definition) is 3. The number of nitrogens with two attached hydrogens (primary N) is 1. The van der Waals surface area contributed by atoms with Crippen LogP contribution in [0.5, 0.6) is 0 Å². The molecule has 0 spiro atoms. The highest BCUT2D eigenvalue weighted by molar-refractivity contribution is 7.93. The summed E-state index contributed by atoms with van der Waals surface area (Å²) < 4.78 is 22.9. The van der Waals surface area contributed by atoms with Crippen LogP contribution in [0.1, 0.15) is 25.7 Å². The van der Waals surface area contributed by atoms with Crippen molar-refractivity contribution in [1.82, 2.24) is 0 Å². The SMILES string of the molecule is NC1CC2CCC(C1)S2(=O)=O. The lowest BCUT2D eigenvalue weighted by atomic mass is 10.1. The van der Waals surface area contributed by atoms with Crippen molar-refractivity contribution in [3.8, 4) is 0 Å². The summed E-state index contributed by atoms with van der Waals surface area (Å²) in [6, 6.07) is 0.135. The number of fused-ring (bicyclic) bond motifs is 2. The van der Waals surface area contributed by atoms with Crippen LogP contribution >= 0.6 is 0 Å². The second-order valence-corrected chi connectivity index (χ2v) is 6.15. The zero-order valence-electron chi connectivity index (χ0n) is 6.36. The van der Waals surface area contributed by atoms with Gasteiger partial charge in [-0.1, -0.05) is 0 Å². The fraction of sp³-hybridized carbons (Fsp3) is 1.00. The van der Waals surface area contributed by atoms with Crippen LogP contribution in [0.25, 0.3) is 0 Å². The van der Waals surface area contributed by atoms with E-state index in [1.54, 1.807) is 0 Å². The summed E-state index contributed by atoms with van der Waals surface area (Å²) >= 11 is 0. The molecule has 2 atom stereocenters. The van der Waals surface area contributed by atoms with Gasteiger partial charge in [0.25, 0.3) is 0 Å². The zero-order valence-corrected chi connectivity index (χ0v) is 7.18. The summed E-state index contributed by atoms with van der Waals surface area (Å²) in [5.74, 6) is 0. The molecule has 0 aromatic rings. The molecule has 0 amide bonds. The van der Waals surface area contributed by atoms with Gasteiger partial charge in [0.05, 0.1) is 10.5 Å². The van der Waals surface area contributed by atoms with Crippen molar-refractivity contribution in [2.75, 3.05) is 0 Å². The topological polar surface area (TPSA) is 60.2 Å². The lowest BCUT2D eigenvalue weighted by Crippen LogP contribution is -2.39. The van der Waals surface area contributed by atoms with Crippen LogP contribution in [-0.4, -0.2) is 25.0 Å². The average molecular weight is 175 g/mol. The molecule has 2 bridgehead atoms. The van der Waals surface area contributed by atoms with Crippen molar-refractivity contribution >= 4 is 9.84 Å². The molecule has 0 aromatic carbocycles.